The zero-order valence-electron chi connectivity index (χ0n) is 9.50. The Balaban J connectivity index is 2.22. The number of rotatable bonds is 4. The average Bonchev–Trinajstić information content (AvgIpc) is 2.73. The molecule has 0 aliphatic carbocycles. The van der Waals surface area contributed by atoms with Crippen LogP contribution >= 0.6 is 0 Å². The normalized spacial score (nSPS) is 14.0. The summed E-state index contributed by atoms with van der Waals surface area (Å²) < 4.78 is 41.9. The number of para-hydroxylation sites is 1. The average molecular weight is 258 g/mol. The van der Waals surface area contributed by atoms with E-state index in [0.717, 1.165) is 5.39 Å². The molecule has 1 unspecified atom stereocenters. The molecule has 2 aromatic rings. The first-order valence-corrected chi connectivity index (χ1v) is 5.50. The number of halogens is 3. The quantitative estimate of drug-likeness (QED) is 0.653. The molecule has 0 amide bonds. The van der Waals surface area contributed by atoms with E-state index in [1.54, 1.807) is 24.3 Å². The molecule has 0 spiro atoms. The lowest BCUT2D eigenvalue weighted by Gasteiger charge is -2.15. The zero-order chi connectivity index (χ0) is 13.2. The molecule has 98 valence electrons. The number of furan rings is 1. The lowest BCUT2D eigenvalue weighted by Crippen LogP contribution is -2.29. The minimum Gasteiger partial charge on any atom is -0.464 e. The van der Waals surface area contributed by atoms with E-state index < -0.39 is 18.6 Å². The Kier molecular flexibility index (Phi) is 3.58. The molecule has 6 heteroatoms. The van der Waals surface area contributed by atoms with Gasteiger partial charge in [0.25, 0.3) is 0 Å². The Morgan fingerprint density at radius 3 is 2.67 bits per heavy atom. The van der Waals surface area contributed by atoms with Gasteiger partial charge in [0.1, 0.15) is 5.58 Å². The molecule has 18 heavy (non-hydrogen) atoms. The molecule has 3 nitrogen and oxygen atoms in total. The Morgan fingerprint density at radius 1 is 1.28 bits per heavy atom. The van der Waals surface area contributed by atoms with E-state index in [2.05, 4.69) is 5.43 Å². The second kappa shape index (κ2) is 4.99. The van der Waals surface area contributed by atoms with Crippen molar-refractivity contribution in [1.82, 2.24) is 5.43 Å². The number of fused-ring (bicyclic) bond motifs is 1. The molecule has 0 bridgehead atoms. The second-order valence-corrected chi connectivity index (χ2v) is 4.06. The van der Waals surface area contributed by atoms with E-state index in [4.69, 9.17) is 10.3 Å². The monoisotopic (exact) mass is 258 g/mol. The minimum absolute atomic E-state index is 0.122. The summed E-state index contributed by atoms with van der Waals surface area (Å²) in [5, 5.41) is 0.780. The van der Waals surface area contributed by atoms with Crippen molar-refractivity contribution in [3.05, 3.63) is 36.1 Å². The van der Waals surface area contributed by atoms with Crippen LogP contribution in [0.4, 0.5) is 13.2 Å². The van der Waals surface area contributed by atoms with E-state index >= 15 is 0 Å². The minimum atomic E-state index is -4.19. The summed E-state index contributed by atoms with van der Waals surface area (Å²) in [6.07, 6.45) is -3.74. The fraction of sp³-hybridized carbons (Fsp3) is 0.333. The van der Waals surface area contributed by atoms with Crippen molar-refractivity contribution in [2.45, 2.75) is 25.1 Å². The Labute approximate surface area is 102 Å². The van der Waals surface area contributed by atoms with Gasteiger partial charge in [0.15, 0.2) is 0 Å². The van der Waals surface area contributed by atoms with Crippen molar-refractivity contribution in [3.63, 3.8) is 0 Å². The summed E-state index contributed by atoms with van der Waals surface area (Å²) in [4.78, 5) is 0. The molecule has 1 aromatic heterocycles. The van der Waals surface area contributed by atoms with Gasteiger partial charge in [-0.25, -0.2) is 0 Å². The van der Waals surface area contributed by atoms with Crippen LogP contribution in [-0.2, 0) is 0 Å². The summed E-state index contributed by atoms with van der Waals surface area (Å²) in [6, 6.07) is 6.59. The fourth-order valence-corrected chi connectivity index (χ4v) is 1.90. The summed E-state index contributed by atoms with van der Waals surface area (Å²) in [5.41, 5.74) is 3.70. The van der Waals surface area contributed by atoms with Gasteiger partial charge in [-0.05, 0) is 12.5 Å². The molecular formula is C12H13F3N2O. The summed E-state index contributed by atoms with van der Waals surface area (Å²) in [7, 11) is 0. The maximum absolute atomic E-state index is 12.2. The van der Waals surface area contributed by atoms with Crippen molar-refractivity contribution >= 4 is 11.0 Å². The molecular weight excluding hydrogens is 245 g/mol. The van der Waals surface area contributed by atoms with Crippen LogP contribution in [0, 0.1) is 0 Å². The fourth-order valence-electron chi connectivity index (χ4n) is 1.90. The summed E-state index contributed by atoms with van der Waals surface area (Å²) in [6.45, 7) is 0. The van der Waals surface area contributed by atoms with Crippen LogP contribution in [0.2, 0.25) is 0 Å². The smallest absolute Gasteiger partial charge is 0.389 e. The van der Waals surface area contributed by atoms with Crippen LogP contribution in [0.3, 0.4) is 0 Å². The van der Waals surface area contributed by atoms with E-state index in [1.165, 1.54) is 6.26 Å². The third-order valence-corrected chi connectivity index (χ3v) is 2.80. The number of hydrogen-bond acceptors (Lipinski definition) is 3. The molecule has 1 heterocycles. The lowest BCUT2D eigenvalue weighted by molar-refractivity contribution is -0.136. The third kappa shape index (κ3) is 2.83. The molecule has 0 saturated heterocycles. The summed E-state index contributed by atoms with van der Waals surface area (Å²) in [5.74, 6) is 5.33. The Hall–Kier alpha value is -1.53. The van der Waals surface area contributed by atoms with Crippen molar-refractivity contribution in [2.75, 3.05) is 0 Å². The number of benzene rings is 1. The van der Waals surface area contributed by atoms with Crippen LogP contribution in [0.5, 0.6) is 0 Å². The SMILES string of the molecule is NNC(CCC(F)(F)F)c1coc2ccccc12. The van der Waals surface area contributed by atoms with Gasteiger partial charge < -0.3 is 4.42 Å². The van der Waals surface area contributed by atoms with E-state index in [-0.39, 0.29) is 6.42 Å². The van der Waals surface area contributed by atoms with Gasteiger partial charge in [-0.1, -0.05) is 18.2 Å². The van der Waals surface area contributed by atoms with Gasteiger partial charge in [0, 0.05) is 17.4 Å². The maximum atomic E-state index is 12.2. The van der Waals surface area contributed by atoms with Gasteiger partial charge in [-0.3, -0.25) is 11.3 Å². The van der Waals surface area contributed by atoms with E-state index in [9.17, 15) is 13.2 Å². The molecule has 1 atom stereocenters. The molecule has 2 rings (SSSR count). The molecule has 0 aliphatic heterocycles. The molecule has 0 saturated carbocycles. The van der Waals surface area contributed by atoms with Crippen molar-refractivity contribution in [1.29, 1.82) is 0 Å². The maximum Gasteiger partial charge on any atom is 0.389 e. The number of nitrogens with one attached hydrogen (secondary N) is 1. The number of nitrogens with two attached hydrogens (primary N) is 1. The van der Waals surface area contributed by atoms with Crippen LogP contribution in [0.1, 0.15) is 24.4 Å². The first-order chi connectivity index (χ1) is 8.51. The zero-order valence-corrected chi connectivity index (χ0v) is 9.50. The molecule has 3 N–H and O–H groups in total. The van der Waals surface area contributed by atoms with Gasteiger partial charge >= 0.3 is 6.18 Å². The highest BCUT2D eigenvalue weighted by molar-refractivity contribution is 5.81. The third-order valence-electron chi connectivity index (χ3n) is 2.80. The van der Waals surface area contributed by atoms with Gasteiger partial charge in [-0.2, -0.15) is 13.2 Å². The van der Waals surface area contributed by atoms with Crippen LogP contribution in [-0.4, -0.2) is 6.18 Å². The van der Waals surface area contributed by atoms with Crippen molar-refractivity contribution < 1.29 is 17.6 Å². The number of hydrazine groups is 1. The molecule has 0 radical (unpaired) electrons. The molecule has 0 aliphatic rings. The molecule has 0 fully saturated rings. The highest BCUT2D eigenvalue weighted by Gasteiger charge is 2.29. The van der Waals surface area contributed by atoms with Crippen molar-refractivity contribution in [2.24, 2.45) is 5.84 Å². The van der Waals surface area contributed by atoms with Crippen molar-refractivity contribution in [3.8, 4) is 0 Å². The Morgan fingerprint density at radius 2 is 2.00 bits per heavy atom. The second-order valence-electron chi connectivity index (χ2n) is 4.06. The first-order valence-electron chi connectivity index (χ1n) is 5.50. The highest BCUT2D eigenvalue weighted by atomic mass is 19.4. The van der Waals surface area contributed by atoms with Gasteiger partial charge in [0.2, 0.25) is 0 Å². The van der Waals surface area contributed by atoms with Crippen LogP contribution in [0.15, 0.2) is 34.9 Å². The largest absolute Gasteiger partial charge is 0.464 e. The number of hydrogen-bond donors (Lipinski definition) is 2. The van der Waals surface area contributed by atoms with E-state index in [1.807, 2.05) is 0 Å². The first kappa shape index (κ1) is 12.9. The van der Waals surface area contributed by atoms with Crippen LogP contribution < -0.4 is 11.3 Å². The van der Waals surface area contributed by atoms with Gasteiger partial charge in [0.05, 0.1) is 12.3 Å². The van der Waals surface area contributed by atoms with E-state index in [0.29, 0.717) is 11.1 Å². The topological polar surface area (TPSA) is 51.2 Å². The lowest BCUT2D eigenvalue weighted by atomic mass is 10.0. The number of alkyl halides is 3. The summed E-state index contributed by atoms with van der Waals surface area (Å²) >= 11 is 0. The predicted molar refractivity (Wildman–Crippen MR) is 61.6 cm³/mol. The highest BCUT2D eigenvalue weighted by Crippen LogP contribution is 2.31. The van der Waals surface area contributed by atoms with Gasteiger partial charge in [-0.15, -0.1) is 0 Å². The molecule has 1 aromatic carbocycles. The van der Waals surface area contributed by atoms with Crippen LogP contribution in [0.25, 0.3) is 11.0 Å². The standard InChI is InChI=1S/C12H13F3N2O/c13-12(14,15)6-5-10(17-16)9-7-18-11-4-2-1-3-8(9)11/h1-4,7,10,17H,5-6,16H2. The predicted octanol–water partition coefficient (Wildman–Crippen LogP) is 3.28. The Bertz CT molecular complexity index is 521.